The number of imide groups is 1. The van der Waals surface area contributed by atoms with Crippen molar-refractivity contribution in [2.75, 3.05) is 5.32 Å². The number of nitrogens with zero attached hydrogens (tertiary/aromatic N) is 1. The summed E-state index contributed by atoms with van der Waals surface area (Å²) in [6.45, 7) is 1.87. The molecule has 1 aliphatic heterocycles. The standard InChI is InChI=1S/C27H24BrClN2O3/c1-13-9-19(28)20(29)12-21(13)30-25(32)22(10-14-5-3-2-4-6-14)31-26(33)23-15-7-8-16(18-11-17(15)18)24(23)27(31)34/h2-9,12,15-18,22-24H,10-11H2,1H3,(H,30,32)/t15-,16-,17-,18-,22-,23+,24+/m1/s1. The summed E-state index contributed by atoms with van der Waals surface area (Å²) in [6.07, 6.45) is 5.66. The van der Waals surface area contributed by atoms with Gasteiger partial charge < -0.3 is 5.32 Å². The first-order valence-electron chi connectivity index (χ1n) is 11.7. The SMILES string of the molecule is Cc1cc(Br)c(Cl)cc1NC(=O)[C@@H](Cc1ccccc1)N1C(=O)[C@H]2[C@@H]3C=C[C@H]([C@H]4C[C@H]34)[C@@H]2C1=O. The highest BCUT2D eigenvalue weighted by Crippen LogP contribution is 2.65. The highest BCUT2D eigenvalue weighted by Gasteiger charge is 2.67. The van der Waals surface area contributed by atoms with Gasteiger partial charge in [0.15, 0.2) is 0 Å². The van der Waals surface area contributed by atoms with Crippen molar-refractivity contribution in [3.8, 4) is 0 Å². The maximum Gasteiger partial charge on any atom is 0.248 e. The van der Waals surface area contributed by atoms with Crippen LogP contribution in [-0.2, 0) is 20.8 Å². The Balaban J connectivity index is 1.34. The molecule has 7 atom stereocenters. The fourth-order valence-electron chi connectivity index (χ4n) is 6.42. The van der Waals surface area contributed by atoms with Crippen LogP contribution in [0.3, 0.4) is 0 Å². The molecule has 2 aromatic rings. The average molecular weight is 540 g/mol. The number of hydrogen-bond donors (Lipinski definition) is 1. The maximum absolute atomic E-state index is 13.7. The van der Waals surface area contributed by atoms with Gasteiger partial charge in [-0.15, -0.1) is 0 Å². The molecular weight excluding hydrogens is 516 g/mol. The third-order valence-corrected chi connectivity index (χ3v) is 9.31. The van der Waals surface area contributed by atoms with Gasteiger partial charge in [-0.1, -0.05) is 54.1 Å². The Labute approximate surface area is 211 Å². The van der Waals surface area contributed by atoms with Crippen LogP contribution in [0.4, 0.5) is 5.69 Å². The number of benzene rings is 2. The van der Waals surface area contributed by atoms with Crippen molar-refractivity contribution in [2.45, 2.75) is 25.8 Å². The lowest BCUT2D eigenvalue weighted by atomic mass is 9.63. The van der Waals surface area contributed by atoms with Gasteiger partial charge >= 0.3 is 0 Å². The third-order valence-electron chi connectivity index (χ3n) is 8.11. The summed E-state index contributed by atoms with van der Waals surface area (Å²) in [6, 6.07) is 12.1. The monoisotopic (exact) mass is 538 g/mol. The van der Waals surface area contributed by atoms with Crippen LogP contribution in [0.2, 0.25) is 5.02 Å². The van der Waals surface area contributed by atoms with Crippen molar-refractivity contribution >= 4 is 50.9 Å². The summed E-state index contributed by atoms with van der Waals surface area (Å²) < 4.78 is 0.737. The molecule has 34 heavy (non-hydrogen) atoms. The van der Waals surface area contributed by atoms with Crippen LogP contribution in [0.15, 0.2) is 59.1 Å². The molecule has 0 aromatic heterocycles. The first kappa shape index (κ1) is 22.1. The number of carbonyl (C=O) groups excluding carboxylic acids is 3. The smallest absolute Gasteiger partial charge is 0.248 e. The second-order valence-electron chi connectivity index (χ2n) is 9.98. The normalized spacial score (nSPS) is 31.3. The van der Waals surface area contributed by atoms with Gasteiger partial charge in [0, 0.05) is 16.6 Å². The van der Waals surface area contributed by atoms with Gasteiger partial charge in [0.05, 0.1) is 16.9 Å². The quantitative estimate of drug-likeness (QED) is 0.429. The van der Waals surface area contributed by atoms with E-state index in [1.165, 1.54) is 4.90 Å². The van der Waals surface area contributed by atoms with E-state index in [4.69, 9.17) is 11.6 Å². The number of nitrogens with one attached hydrogen (secondary N) is 1. The lowest BCUT2D eigenvalue weighted by molar-refractivity contribution is -0.146. The van der Waals surface area contributed by atoms with Crippen LogP contribution in [0, 0.1) is 42.4 Å². The van der Waals surface area contributed by atoms with Crippen LogP contribution >= 0.6 is 27.5 Å². The van der Waals surface area contributed by atoms with Gasteiger partial charge in [-0.3, -0.25) is 19.3 Å². The lowest BCUT2D eigenvalue weighted by Gasteiger charge is -2.37. The van der Waals surface area contributed by atoms with E-state index in [2.05, 4.69) is 33.4 Å². The number of carbonyl (C=O) groups is 3. The molecule has 3 fully saturated rings. The van der Waals surface area contributed by atoms with Gasteiger partial charge in [-0.25, -0.2) is 0 Å². The Morgan fingerprint density at radius 1 is 1.09 bits per heavy atom. The van der Waals surface area contributed by atoms with E-state index in [9.17, 15) is 14.4 Å². The number of likely N-dealkylation sites (tertiary alicyclic amines) is 1. The molecule has 5 aliphatic rings. The van der Waals surface area contributed by atoms with Crippen molar-refractivity contribution in [1.82, 2.24) is 4.90 Å². The second-order valence-corrected chi connectivity index (χ2v) is 11.2. The van der Waals surface area contributed by atoms with Gasteiger partial charge in [-0.2, -0.15) is 0 Å². The molecule has 7 rings (SSSR count). The molecule has 0 radical (unpaired) electrons. The summed E-state index contributed by atoms with van der Waals surface area (Å²) in [4.78, 5) is 42.4. The zero-order chi connectivity index (χ0) is 23.7. The van der Waals surface area contributed by atoms with Crippen LogP contribution in [0.1, 0.15) is 17.5 Å². The van der Waals surface area contributed by atoms with E-state index in [0.717, 1.165) is 22.0 Å². The minimum atomic E-state index is -0.925. The fraction of sp³-hybridized carbons (Fsp3) is 0.370. The molecule has 4 aliphatic carbocycles. The van der Waals surface area contributed by atoms with Crippen LogP contribution in [0.5, 0.6) is 0 Å². The molecule has 5 nitrogen and oxygen atoms in total. The Bertz CT molecular complexity index is 1210. The predicted octanol–water partition coefficient (Wildman–Crippen LogP) is 5.01. The van der Waals surface area contributed by atoms with Gasteiger partial charge in [0.25, 0.3) is 0 Å². The number of allylic oxidation sites excluding steroid dienone is 2. The average Bonchev–Trinajstić information content (AvgIpc) is 3.60. The van der Waals surface area contributed by atoms with E-state index in [0.29, 0.717) is 22.5 Å². The van der Waals surface area contributed by atoms with E-state index in [1.54, 1.807) is 6.07 Å². The summed E-state index contributed by atoms with van der Waals surface area (Å²) >= 11 is 9.67. The van der Waals surface area contributed by atoms with Crippen molar-refractivity contribution in [3.63, 3.8) is 0 Å². The summed E-state index contributed by atoms with van der Waals surface area (Å²) in [5.41, 5.74) is 2.29. The molecule has 3 amide bonds. The van der Waals surface area contributed by atoms with Crippen LogP contribution < -0.4 is 5.32 Å². The lowest BCUT2D eigenvalue weighted by Crippen LogP contribution is -2.49. The Morgan fingerprint density at radius 3 is 2.32 bits per heavy atom. The van der Waals surface area contributed by atoms with E-state index < -0.39 is 6.04 Å². The predicted molar refractivity (Wildman–Crippen MR) is 133 cm³/mol. The Kier molecular flexibility index (Phi) is 5.23. The number of anilines is 1. The van der Waals surface area contributed by atoms with Crippen molar-refractivity contribution < 1.29 is 14.4 Å². The topological polar surface area (TPSA) is 66.5 Å². The van der Waals surface area contributed by atoms with E-state index in [1.807, 2.05) is 43.3 Å². The summed E-state index contributed by atoms with van der Waals surface area (Å²) in [5.74, 6) is -0.158. The molecule has 7 heteroatoms. The van der Waals surface area contributed by atoms with Crippen molar-refractivity contribution in [3.05, 3.63) is 75.2 Å². The molecule has 0 unspecified atom stereocenters. The number of rotatable bonds is 5. The second kappa shape index (κ2) is 8.06. The van der Waals surface area contributed by atoms with E-state index >= 15 is 0 Å². The number of aryl methyl sites for hydroxylation is 1. The zero-order valence-electron chi connectivity index (χ0n) is 18.6. The summed E-state index contributed by atoms with van der Waals surface area (Å²) in [7, 11) is 0. The first-order valence-corrected chi connectivity index (χ1v) is 12.9. The van der Waals surface area contributed by atoms with Crippen molar-refractivity contribution in [1.29, 1.82) is 0 Å². The van der Waals surface area contributed by atoms with Crippen LogP contribution in [-0.4, -0.2) is 28.7 Å². The summed E-state index contributed by atoms with van der Waals surface area (Å²) in [5, 5.41) is 3.42. The van der Waals surface area contributed by atoms with Gasteiger partial charge in [-0.05, 0) is 76.2 Å². The van der Waals surface area contributed by atoms with E-state index in [-0.39, 0.29) is 47.8 Å². The minimum Gasteiger partial charge on any atom is -0.324 e. The van der Waals surface area contributed by atoms with Crippen molar-refractivity contribution in [2.24, 2.45) is 35.5 Å². The fourth-order valence-corrected chi connectivity index (χ4v) is 7.04. The molecule has 2 aromatic carbocycles. The van der Waals surface area contributed by atoms with Gasteiger partial charge in [0.2, 0.25) is 17.7 Å². The number of halogens is 2. The molecule has 2 bridgehead atoms. The molecule has 1 saturated heterocycles. The molecule has 2 saturated carbocycles. The zero-order valence-corrected chi connectivity index (χ0v) is 20.9. The Hall–Kier alpha value is -2.44. The number of hydrogen-bond acceptors (Lipinski definition) is 3. The maximum atomic E-state index is 13.7. The Morgan fingerprint density at radius 2 is 1.71 bits per heavy atom. The molecule has 0 spiro atoms. The third kappa shape index (κ3) is 3.37. The first-order chi connectivity index (χ1) is 16.3. The van der Waals surface area contributed by atoms with Gasteiger partial charge in [0.1, 0.15) is 6.04 Å². The molecular formula is C27H24BrClN2O3. The molecule has 1 heterocycles. The largest absolute Gasteiger partial charge is 0.324 e. The molecule has 174 valence electrons. The molecule has 1 N–H and O–H groups in total. The minimum absolute atomic E-state index is 0.120. The van der Waals surface area contributed by atoms with Crippen LogP contribution in [0.25, 0.3) is 0 Å². The highest BCUT2D eigenvalue weighted by atomic mass is 79.9. The highest BCUT2D eigenvalue weighted by molar-refractivity contribution is 9.10. The number of amides is 3.